The summed E-state index contributed by atoms with van der Waals surface area (Å²) in [5.74, 6) is 0.949. The minimum absolute atomic E-state index is 0.376. The van der Waals surface area contributed by atoms with Gasteiger partial charge in [-0.1, -0.05) is 6.07 Å². The SMILES string of the molecule is COc1ccc(CN2CCN(c3cc(C(F)(F)F)ccn3)CC2)cn1. The van der Waals surface area contributed by atoms with Crippen molar-refractivity contribution in [3.63, 3.8) is 0 Å². The lowest BCUT2D eigenvalue weighted by atomic mass is 10.2. The summed E-state index contributed by atoms with van der Waals surface area (Å²) >= 11 is 0. The van der Waals surface area contributed by atoms with Crippen molar-refractivity contribution in [1.82, 2.24) is 14.9 Å². The van der Waals surface area contributed by atoms with Crippen LogP contribution in [0.3, 0.4) is 0 Å². The van der Waals surface area contributed by atoms with E-state index in [1.54, 1.807) is 13.3 Å². The fraction of sp³-hybridized carbons (Fsp3) is 0.412. The molecular formula is C17H19F3N4O. The van der Waals surface area contributed by atoms with Crippen molar-refractivity contribution < 1.29 is 17.9 Å². The van der Waals surface area contributed by atoms with E-state index in [4.69, 9.17) is 4.74 Å². The zero-order valence-electron chi connectivity index (χ0n) is 13.8. The maximum atomic E-state index is 12.8. The zero-order chi connectivity index (χ0) is 17.9. The van der Waals surface area contributed by atoms with Crippen LogP contribution in [0, 0.1) is 0 Å². The summed E-state index contributed by atoms with van der Waals surface area (Å²) in [7, 11) is 1.57. The van der Waals surface area contributed by atoms with Crippen LogP contribution < -0.4 is 9.64 Å². The molecule has 0 N–H and O–H groups in total. The molecule has 5 nitrogen and oxygen atoms in total. The molecule has 0 spiro atoms. The standard InChI is InChI=1S/C17H19F3N4O/c1-25-16-3-2-13(11-22-16)12-23-6-8-24(9-7-23)15-10-14(4-5-21-15)17(18,19)20/h2-5,10-11H,6-9,12H2,1H3. The first kappa shape index (κ1) is 17.5. The fourth-order valence-electron chi connectivity index (χ4n) is 2.79. The second kappa shape index (κ2) is 7.26. The van der Waals surface area contributed by atoms with E-state index in [0.29, 0.717) is 24.8 Å². The van der Waals surface area contributed by atoms with Gasteiger partial charge in [0.2, 0.25) is 5.88 Å². The highest BCUT2D eigenvalue weighted by Crippen LogP contribution is 2.30. The summed E-state index contributed by atoms with van der Waals surface area (Å²) in [6.45, 7) is 3.53. The Morgan fingerprint density at radius 3 is 2.44 bits per heavy atom. The summed E-state index contributed by atoms with van der Waals surface area (Å²) in [6.07, 6.45) is -1.35. The van der Waals surface area contributed by atoms with Gasteiger partial charge in [-0.25, -0.2) is 9.97 Å². The number of anilines is 1. The average molecular weight is 352 g/mol. The summed E-state index contributed by atoms with van der Waals surface area (Å²) in [4.78, 5) is 12.4. The summed E-state index contributed by atoms with van der Waals surface area (Å²) in [5, 5.41) is 0. The van der Waals surface area contributed by atoms with Crippen molar-refractivity contribution in [2.24, 2.45) is 0 Å². The lowest BCUT2D eigenvalue weighted by molar-refractivity contribution is -0.137. The number of rotatable bonds is 4. The Morgan fingerprint density at radius 1 is 1.08 bits per heavy atom. The van der Waals surface area contributed by atoms with Crippen molar-refractivity contribution in [2.45, 2.75) is 12.7 Å². The first-order valence-corrected chi connectivity index (χ1v) is 7.95. The molecule has 1 aliphatic rings. The molecule has 0 amide bonds. The van der Waals surface area contributed by atoms with Crippen molar-refractivity contribution >= 4 is 5.82 Å². The van der Waals surface area contributed by atoms with Gasteiger partial charge in [-0.15, -0.1) is 0 Å². The Bertz CT molecular complexity index is 698. The molecule has 0 aromatic carbocycles. The Balaban J connectivity index is 1.58. The summed E-state index contributed by atoms with van der Waals surface area (Å²) in [6, 6.07) is 5.89. The van der Waals surface area contributed by atoms with Gasteiger partial charge in [0.1, 0.15) is 5.82 Å². The molecule has 0 saturated carbocycles. The molecule has 8 heteroatoms. The van der Waals surface area contributed by atoms with Crippen LogP contribution in [0.15, 0.2) is 36.7 Å². The molecule has 0 unspecified atom stereocenters. The van der Waals surface area contributed by atoms with Crippen LogP contribution >= 0.6 is 0 Å². The topological polar surface area (TPSA) is 41.5 Å². The third kappa shape index (κ3) is 4.39. The molecule has 0 aliphatic carbocycles. The van der Waals surface area contributed by atoms with Gasteiger partial charge in [-0.05, 0) is 17.7 Å². The smallest absolute Gasteiger partial charge is 0.416 e. The molecule has 134 valence electrons. The molecule has 2 aromatic heterocycles. The predicted molar refractivity (Wildman–Crippen MR) is 87.5 cm³/mol. The quantitative estimate of drug-likeness (QED) is 0.846. The largest absolute Gasteiger partial charge is 0.481 e. The van der Waals surface area contributed by atoms with E-state index in [1.165, 1.54) is 6.20 Å². The molecule has 3 heterocycles. The minimum atomic E-state index is -4.35. The number of aromatic nitrogens is 2. The fourth-order valence-corrected chi connectivity index (χ4v) is 2.79. The van der Waals surface area contributed by atoms with Crippen molar-refractivity contribution in [3.8, 4) is 5.88 Å². The number of piperazine rings is 1. The number of pyridine rings is 2. The first-order valence-electron chi connectivity index (χ1n) is 7.95. The number of hydrogen-bond acceptors (Lipinski definition) is 5. The monoisotopic (exact) mass is 352 g/mol. The van der Waals surface area contributed by atoms with Gasteiger partial charge in [0.05, 0.1) is 12.7 Å². The Labute approximate surface area is 144 Å². The highest BCUT2D eigenvalue weighted by molar-refractivity contribution is 5.42. The van der Waals surface area contributed by atoms with Gasteiger partial charge in [-0.3, -0.25) is 4.90 Å². The second-order valence-corrected chi connectivity index (χ2v) is 5.87. The van der Waals surface area contributed by atoms with E-state index < -0.39 is 11.7 Å². The highest BCUT2D eigenvalue weighted by Gasteiger charge is 2.31. The van der Waals surface area contributed by atoms with Crippen LogP contribution in [0.2, 0.25) is 0 Å². The molecule has 1 fully saturated rings. The number of halogens is 3. The van der Waals surface area contributed by atoms with E-state index in [1.807, 2.05) is 17.0 Å². The Kier molecular flexibility index (Phi) is 5.08. The van der Waals surface area contributed by atoms with E-state index in [2.05, 4.69) is 14.9 Å². The third-order valence-electron chi connectivity index (χ3n) is 4.18. The minimum Gasteiger partial charge on any atom is -0.481 e. The maximum absolute atomic E-state index is 12.8. The molecule has 25 heavy (non-hydrogen) atoms. The van der Waals surface area contributed by atoms with Gasteiger partial charge in [0.25, 0.3) is 0 Å². The van der Waals surface area contributed by atoms with Gasteiger partial charge in [-0.2, -0.15) is 13.2 Å². The maximum Gasteiger partial charge on any atom is 0.416 e. The molecular weight excluding hydrogens is 333 g/mol. The van der Waals surface area contributed by atoms with Crippen LogP contribution in [0.1, 0.15) is 11.1 Å². The van der Waals surface area contributed by atoms with Crippen LogP contribution in [0.5, 0.6) is 5.88 Å². The first-order chi connectivity index (χ1) is 12.0. The van der Waals surface area contributed by atoms with Gasteiger partial charge in [0, 0.05) is 51.2 Å². The number of nitrogens with zero attached hydrogens (tertiary/aromatic N) is 4. The number of ether oxygens (including phenoxy) is 1. The average Bonchev–Trinajstić information content (AvgIpc) is 2.62. The van der Waals surface area contributed by atoms with Crippen molar-refractivity contribution in [2.75, 3.05) is 38.2 Å². The van der Waals surface area contributed by atoms with E-state index in [9.17, 15) is 13.2 Å². The molecule has 0 atom stereocenters. The second-order valence-electron chi connectivity index (χ2n) is 5.87. The van der Waals surface area contributed by atoms with Gasteiger partial charge >= 0.3 is 6.18 Å². The molecule has 0 radical (unpaired) electrons. The van der Waals surface area contributed by atoms with Crippen molar-refractivity contribution in [1.29, 1.82) is 0 Å². The molecule has 2 aromatic rings. The normalized spacial score (nSPS) is 16.1. The van der Waals surface area contributed by atoms with E-state index in [-0.39, 0.29) is 0 Å². The highest BCUT2D eigenvalue weighted by atomic mass is 19.4. The molecule has 0 bridgehead atoms. The van der Waals surface area contributed by atoms with E-state index >= 15 is 0 Å². The number of methoxy groups -OCH3 is 1. The van der Waals surface area contributed by atoms with Crippen molar-refractivity contribution in [3.05, 3.63) is 47.8 Å². The van der Waals surface area contributed by atoms with E-state index in [0.717, 1.165) is 37.3 Å². The van der Waals surface area contributed by atoms with Gasteiger partial charge < -0.3 is 9.64 Å². The molecule has 1 saturated heterocycles. The van der Waals surface area contributed by atoms with Crippen LogP contribution in [-0.2, 0) is 12.7 Å². The summed E-state index contributed by atoms with van der Waals surface area (Å²) < 4.78 is 43.5. The Hall–Kier alpha value is -2.35. The third-order valence-corrected chi connectivity index (χ3v) is 4.18. The molecule has 3 rings (SSSR count). The van der Waals surface area contributed by atoms with Crippen LogP contribution in [0.25, 0.3) is 0 Å². The lowest BCUT2D eigenvalue weighted by Gasteiger charge is -2.35. The predicted octanol–water partition coefficient (Wildman–Crippen LogP) is 2.83. The number of alkyl halides is 3. The molecule has 1 aliphatic heterocycles. The van der Waals surface area contributed by atoms with Crippen LogP contribution in [0.4, 0.5) is 19.0 Å². The van der Waals surface area contributed by atoms with Gasteiger partial charge in [0.15, 0.2) is 0 Å². The zero-order valence-corrected chi connectivity index (χ0v) is 13.8. The lowest BCUT2D eigenvalue weighted by Crippen LogP contribution is -2.46. The summed E-state index contributed by atoms with van der Waals surface area (Å²) in [5.41, 5.74) is 0.413. The van der Waals surface area contributed by atoms with Crippen LogP contribution in [-0.4, -0.2) is 48.2 Å². The Morgan fingerprint density at radius 2 is 1.84 bits per heavy atom. The number of hydrogen-bond donors (Lipinski definition) is 0.